The molecule has 2 atom stereocenters. The average Bonchev–Trinajstić information content (AvgIpc) is 2.63. The molecule has 2 aliphatic carbocycles. The minimum absolute atomic E-state index is 0.0760. The molecule has 84 valence electrons. The molecule has 0 aromatic carbocycles. The Morgan fingerprint density at radius 2 is 2.50 bits per heavy atom. The highest BCUT2D eigenvalue weighted by Crippen LogP contribution is 2.39. The lowest BCUT2D eigenvalue weighted by Gasteiger charge is -2.18. The zero-order chi connectivity index (χ0) is 11.5. The molecule has 0 saturated carbocycles. The fourth-order valence-corrected chi connectivity index (χ4v) is 2.37. The fourth-order valence-electron chi connectivity index (χ4n) is 2.37. The summed E-state index contributed by atoms with van der Waals surface area (Å²) in [5.41, 5.74) is 10.3. The molecule has 2 rings (SSSR count). The first-order valence-electron chi connectivity index (χ1n) is 5.54. The molecule has 0 N–H and O–H groups in total. The molecule has 0 radical (unpaired) electrons. The van der Waals surface area contributed by atoms with Crippen LogP contribution in [0.1, 0.15) is 26.2 Å². The first-order chi connectivity index (χ1) is 7.72. The van der Waals surface area contributed by atoms with E-state index in [1.54, 1.807) is 6.08 Å². The maximum Gasteiger partial charge on any atom is 0.123 e. The maximum absolute atomic E-state index is 13.7. The highest BCUT2D eigenvalue weighted by atomic mass is 19.1. The van der Waals surface area contributed by atoms with Gasteiger partial charge in [0.25, 0.3) is 0 Å². The van der Waals surface area contributed by atoms with Crippen molar-refractivity contribution in [1.82, 2.24) is 0 Å². The first kappa shape index (κ1) is 11.0. The Balaban J connectivity index is 2.14. The third-order valence-electron chi connectivity index (χ3n) is 3.08. The smallest absolute Gasteiger partial charge is 0.123 e. The van der Waals surface area contributed by atoms with Crippen molar-refractivity contribution >= 4 is 0 Å². The average molecular weight is 219 g/mol. The van der Waals surface area contributed by atoms with E-state index in [1.165, 1.54) is 0 Å². The van der Waals surface area contributed by atoms with Crippen molar-refractivity contribution in [1.29, 1.82) is 0 Å². The number of halogens is 1. The number of hydrogen-bond acceptors (Lipinski definition) is 1. The molecule has 0 aliphatic heterocycles. The summed E-state index contributed by atoms with van der Waals surface area (Å²) in [6, 6.07) is -0.0961. The van der Waals surface area contributed by atoms with Gasteiger partial charge in [0.2, 0.25) is 0 Å². The van der Waals surface area contributed by atoms with Crippen LogP contribution in [0.25, 0.3) is 10.4 Å². The lowest BCUT2D eigenvalue weighted by molar-refractivity contribution is 0.542. The normalized spacial score (nSPS) is 24.9. The highest BCUT2D eigenvalue weighted by Gasteiger charge is 2.26. The first-order valence-corrected chi connectivity index (χ1v) is 5.54. The van der Waals surface area contributed by atoms with Gasteiger partial charge in [0, 0.05) is 16.9 Å². The zero-order valence-electron chi connectivity index (χ0n) is 9.23. The molecule has 0 aromatic rings. The number of hydrogen-bond donors (Lipinski definition) is 0. The van der Waals surface area contributed by atoms with Crippen molar-refractivity contribution < 1.29 is 4.39 Å². The second kappa shape index (κ2) is 4.54. The van der Waals surface area contributed by atoms with Crippen LogP contribution in [0.2, 0.25) is 0 Å². The molecule has 0 heterocycles. The Hall–Kier alpha value is -1.54. The molecular formula is C12H14FN3. The van der Waals surface area contributed by atoms with Gasteiger partial charge in [-0.1, -0.05) is 24.2 Å². The second-order valence-corrected chi connectivity index (χ2v) is 4.28. The summed E-state index contributed by atoms with van der Waals surface area (Å²) in [5.74, 6) is -0.0172. The number of allylic oxidation sites excluding steroid dienone is 6. The van der Waals surface area contributed by atoms with Gasteiger partial charge in [0.1, 0.15) is 5.83 Å². The minimum atomic E-state index is -0.0961. The van der Waals surface area contributed by atoms with Crippen molar-refractivity contribution in [3.63, 3.8) is 0 Å². The summed E-state index contributed by atoms with van der Waals surface area (Å²) in [6.07, 6.45) is 8.07. The van der Waals surface area contributed by atoms with Gasteiger partial charge in [-0.2, -0.15) is 0 Å². The van der Waals surface area contributed by atoms with Crippen LogP contribution in [0.15, 0.2) is 40.3 Å². The van der Waals surface area contributed by atoms with Gasteiger partial charge < -0.3 is 0 Å². The van der Waals surface area contributed by atoms with Crippen LogP contribution in [0.4, 0.5) is 4.39 Å². The molecule has 16 heavy (non-hydrogen) atoms. The van der Waals surface area contributed by atoms with E-state index in [0.717, 1.165) is 24.0 Å². The van der Waals surface area contributed by atoms with E-state index >= 15 is 0 Å². The molecular weight excluding hydrogens is 205 g/mol. The predicted molar refractivity (Wildman–Crippen MR) is 61.3 cm³/mol. The number of azide groups is 1. The van der Waals surface area contributed by atoms with E-state index in [0.29, 0.717) is 6.42 Å². The summed E-state index contributed by atoms with van der Waals surface area (Å²) in [5, 5.41) is 3.63. The molecule has 0 aromatic heterocycles. The predicted octanol–water partition coefficient (Wildman–Crippen LogP) is 4.21. The Bertz CT molecular complexity index is 428. The maximum atomic E-state index is 13.7. The van der Waals surface area contributed by atoms with Crippen molar-refractivity contribution in [3.05, 3.63) is 45.6 Å². The molecule has 0 saturated heterocycles. The van der Waals surface area contributed by atoms with Crippen molar-refractivity contribution in [3.8, 4) is 0 Å². The van der Waals surface area contributed by atoms with Gasteiger partial charge in [0.05, 0.1) is 0 Å². The molecule has 4 heteroatoms. The summed E-state index contributed by atoms with van der Waals surface area (Å²) in [7, 11) is 0. The molecule has 1 unspecified atom stereocenters. The van der Waals surface area contributed by atoms with Crippen LogP contribution in [0.3, 0.4) is 0 Å². The van der Waals surface area contributed by atoms with Crippen molar-refractivity contribution in [2.45, 2.75) is 32.2 Å². The fraction of sp³-hybridized carbons (Fsp3) is 0.500. The van der Waals surface area contributed by atoms with Crippen LogP contribution in [-0.4, -0.2) is 6.04 Å². The molecule has 0 amide bonds. The molecule has 3 nitrogen and oxygen atoms in total. The third-order valence-corrected chi connectivity index (χ3v) is 3.08. The van der Waals surface area contributed by atoms with Crippen LogP contribution >= 0.6 is 0 Å². The van der Waals surface area contributed by atoms with Crippen LogP contribution < -0.4 is 0 Å². The monoisotopic (exact) mass is 219 g/mol. The van der Waals surface area contributed by atoms with Crippen LogP contribution in [-0.2, 0) is 0 Å². The Morgan fingerprint density at radius 3 is 3.25 bits per heavy atom. The van der Waals surface area contributed by atoms with Crippen molar-refractivity contribution in [2.24, 2.45) is 11.0 Å². The van der Waals surface area contributed by atoms with E-state index in [-0.39, 0.29) is 17.8 Å². The Kier molecular flexibility index (Phi) is 3.11. The van der Waals surface area contributed by atoms with Crippen molar-refractivity contribution in [2.75, 3.05) is 0 Å². The van der Waals surface area contributed by atoms with Gasteiger partial charge in [0.15, 0.2) is 0 Å². The molecule has 0 fully saturated rings. The number of rotatable bonds is 3. The van der Waals surface area contributed by atoms with E-state index in [1.807, 2.05) is 19.1 Å². The zero-order valence-corrected chi connectivity index (χ0v) is 9.23. The lowest BCUT2D eigenvalue weighted by atomic mass is 9.89. The largest absolute Gasteiger partial charge is 0.207 e. The molecule has 0 bridgehead atoms. The van der Waals surface area contributed by atoms with Gasteiger partial charge in [-0.15, -0.1) is 0 Å². The topological polar surface area (TPSA) is 48.8 Å². The van der Waals surface area contributed by atoms with Crippen LogP contribution in [0, 0.1) is 5.92 Å². The molecule has 0 spiro atoms. The SMILES string of the molecule is C[C@H](CC1C=CC2=C1C(F)=CCC2)N=[N+]=[N-]. The Morgan fingerprint density at radius 1 is 1.69 bits per heavy atom. The quantitative estimate of drug-likeness (QED) is 0.388. The summed E-state index contributed by atoms with van der Waals surface area (Å²) >= 11 is 0. The van der Waals surface area contributed by atoms with Gasteiger partial charge in [-0.05, 0) is 42.0 Å². The van der Waals surface area contributed by atoms with Gasteiger partial charge in [-0.25, -0.2) is 4.39 Å². The van der Waals surface area contributed by atoms with E-state index < -0.39 is 0 Å². The Labute approximate surface area is 94.0 Å². The summed E-state index contributed by atoms with van der Waals surface area (Å²) in [6.45, 7) is 1.86. The summed E-state index contributed by atoms with van der Waals surface area (Å²) in [4.78, 5) is 2.78. The molecule has 2 aliphatic rings. The van der Waals surface area contributed by atoms with Gasteiger partial charge in [-0.3, -0.25) is 0 Å². The van der Waals surface area contributed by atoms with Gasteiger partial charge >= 0.3 is 0 Å². The van der Waals surface area contributed by atoms with E-state index in [9.17, 15) is 4.39 Å². The minimum Gasteiger partial charge on any atom is -0.207 e. The van der Waals surface area contributed by atoms with E-state index in [4.69, 9.17) is 5.53 Å². The highest BCUT2D eigenvalue weighted by molar-refractivity contribution is 5.48. The number of nitrogens with zero attached hydrogens (tertiary/aromatic N) is 3. The lowest BCUT2D eigenvalue weighted by Crippen LogP contribution is -2.09. The van der Waals surface area contributed by atoms with E-state index in [2.05, 4.69) is 10.0 Å². The third kappa shape index (κ3) is 2.02. The summed E-state index contributed by atoms with van der Waals surface area (Å²) < 4.78 is 13.7. The van der Waals surface area contributed by atoms with Crippen LogP contribution in [0.5, 0.6) is 0 Å². The standard InChI is InChI=1S/C12H14FN3/c1-8(15-16-14)7-10-6-5-9-3-2-4-11(13)12(9)10/h4-6,8,10H,2-3,7H2,1H3/t8-,10?/m1/s1. The second-order valence-electron chi connectivity index (χ2n) is 4.28.